The number of carboxylic acids is 4. The maximum Gasteiger partial charge on any atom is 0.411 e. The third-order valence-electron chi connectivity index (χ3n) is 13.3. The molecule has 0 aromatic heterocycles. The van der Waals surface area contributed by atoms with Crippen molar-refractivity contribution in [3.05, 3.63) is 213 Å². The minimum absolute atomic E-state index is 0.00753. The van der Waals surface area contributed by atoms with Crippen LogP contribution in [0.4, 0.5) is 49.1 Å². The van der Waals surface area contributed by atoms with Crippen LogP contribution < -0.4 is 40.8 Å². The van der Waals surface area contributed by atoms with Crippen LogP contribution in [0.1, 0.15) is 94.0 Å². The second-order valence-corrected chi connectivity index (χ2v) is 18.8. The molecule has 456 valence electrons. The maximum absolute atomic E-state index is 14.8. The number of carbonyl (C=O) groups excluding carboxylic acids is 4. The molecule has 28 heteroatoms. The second kappa shape index (κ2) is 25.2. The molecule has 0 saturated heterocycles. The first-order valence-corrected chi connectivity index (χ1v) is 25.4. The zero-order chi connectivity index (χ0) is 64.9. The van der Waals surface area contributed by atoms with Crippen molar-refractivity contribution in [2.75, 3.05) is 35.4 Å². The molecule has 0 aliphatic heterocycles. The minimum atomic E-state index is -6.13. The van der Waals surface area contributed by atoms with Crippen LogP contribution in [0.3, 0.4) is 0 Å². The molecule has 0 spiro atoms. The normalized spacial score (nSPS) is 11.3. The molecule has 0 saturated carbocycles. The van der Waals surface area contributed by atoms with E-state index in [0.717, 1.165) is 60.7 Å². The number of rotatable bonds is 20. The van der Waals surface area contributed by atoms with E-state index in [4.69, 9.17) is 14.2 Å². The monoisotopic (exact) mass is 1230 g/mol. The number of amides is 4. The van der Waals surface area contributed by atoms with E-state index < -0.39 is 116 Å². The van der Waals surface area contributed by atoms with Crippen molar-refractivity contribution in [2.24, 2.45) is 0 Å². The van der Waals surface area contributed by atoms with Crippen molar-refractivity contribution < 1.29 is 110 Å². The Bertz CT molecular complexity index is 4160. The molecular weight excluding hydrogens is 1190 g/mol. The molecule has 0 fully saturated rings. The fourth-order valence-electron chi connectivity index (χ4n) is 9.02. The Balaban J connectivity index is 0.920. The molecule has 0 atom stereocenters. The Labute approximate surface area is 496 Å². The summed E-state index contributed by atoms with van der Waals surface area (Å²) in [6.07, 6.45) is -12.3. The molecule has 89 heavy (non-hydrogen) atoms. The van der Waals surface area contributed by atoms with Crippen molar-refractivity contribution in [3.63, 3.8) is 0 Å². The average Bonchev–Trinajstić information content (AvgIpc) is 0.722. The summed E-state index contributed by atoms with van der Waals surface area (Å²) in [5, 5.41) is 72.2. The molecule has 4 amide bonds. The van der Waals surface area contributed by atoms with Crippen LogP contribution in [0.15, 0.2) is 158 Å². The third kappa shape index (κ3) is 13.4. The quantitative estimate of drug-likeness (QED) is 0.0249. The molecular formula is C61H43F6N5O17. The number of benzene rings is 8. The maximum atomic E-state index is 14.8. The van der Waals surface area contributed by atoms with Crippen LogP contribution in [0, 0.1) is 0 Å². The van der Waals surface area contributed by atoms with Crippen molar-refractivity contribution in [1.29, 1.82) is 0 Å². The van der Waals surface area contributed by atoms with E-state index in [1.165, 1.54) is 80.8 Å². The topological polar surface area (TPSA) is 346 Å². The number of aromatic hydroxyl groups is 2. The van der Waals surface area contributed by atoms with Gasteiger partial charge in [0.15, 0.2) is 0 Å². The average molecular weight is 1230 g/mol. The van der Waals surface area contributed by atoms with Crippen LogP contribution >= 0.6 is 0 Å². The number of aromatic carboxylic acids is 4. The van der Waals surface area contributed by atoms with Gasteiger partial charge < -0.3 is 71.4 Å². The number of hydrogen-bond acceptors (Lipinski definition) is 14. The molecule has 0 radical (unpaired) electrons. The Morgan fingerprint density at radius 2 is 0.663 bits per heavy atom. The lowest BCUT2D eigenvalue weighted by Gasteiger charge is -2.38. The first-order valence-electron chi connectivity index (χ1n) is 25.4. The molecule has 0 unspecified atom stereocenters. The highest BCUT2D eigenvalue weighted by Gasteiger charge is 2.72. The lowest BCUT2D eigenvalue weighted by Crippen LogP contribution is -2.54. The zero-order valence-corrected chi connectivity index (χ0v) is 45.5. The van der Waals surface area contributed by atoms with Gasteiger partial charge in [0.25, 0.3) is 23.6 Å². The Kier molecular flexibility index (Phi) is 17.8. The highest BCUT2D eigenvalue weighted by Crippen LogP contribution is 2.57. The van der Waals surface area contributed by atoms with Gasteiger partial charge in [0.2, 0.25) is 5.41 Å². The van der Waals surface area contributed by atoms with E-state index in [1.54, 1.807) is 0 Å². The van der Waals surface area contributed by atoms with Crippen molar-refractivity contribution in [2.45, 2.75) is 17.8 Å². The SMILES string of the molecule is CNC(=O)c1cc(Oc2ccc(C(=O)O)c(C(=O)Nc3ccc(Oc4ccc(NC(=O)c5cc(Oc6ccc(C(=O)Nc7ccc(C(c8ccc(NC)c(O)c8)(C(F)(F)F)C(F)(F)F)cc7O)c(C(=O)O)c6)ccc5C(=O)O)cc4)cc3)c2)ccc1C(=O)O. The van der Waals surface area contributed by atoms with Gasteiger partial charge in [-0.05, 0) is 157 Å². The zero-order valence-electron chi connectivity index (χ0n) is 45.5. The summed E-state index contributed by atoms with van der Waals surface area (Å²) in [6.45, 7) is 0. The molecule has 0 aliphatic carbocycles. The van der Waals surface area contributed by atoms with E-state index in [1.807, 2.05) is 0 Å². The summed E-state index contributed by atoms with van der Waals surface area (Å²) in [7, 11) is 2.56. The van der Waals surface area contributed by atoms with Gasteiger partial charge in [0.1, 0.15) is 46.0 Å². The number of phenolic OH excluding ortho intramolecular Hbond substituents is 2. The smallest absolute Gasteiger partial charge is 0.411 e. The number of carboxylic acid groups (broad SMARTS) is 4. The fraction of sp³-hybridized carbons (Fsp3) is 0.0820. The highest BCUT2D eigenvalue weighted by atomic mass is 19.4. The van der Waals surface area contributed by atoms with Crippen molar-refractivity contribution >= 4 is 70.3 Å². The molecule has 8 aromatic carbocycles. The van der Waals surface area contributed by atoms with Gasteiger partial charge in [-0.25, -0.2) is 19.2 Å². The fourth-order valence-corrected chi connectivity index (χ4v) is 9.02. The third-order valence-corrected chi connectivity index (χ3v) is 13.3. The number of phenols is 2. The molecule has 8 aromatic rings. The first kappa shape index (κ1) is 62.9. The predicted octanol–water partition coefficient (Wildman–Crippen LogP) is 11.8. The first-order chi connectivity index (χ1) is 42.0. The molecule has 0 aliphatic rings. The van der Waals surface area contributed by atoms with Crippen LogP contribution in [-0.4, -0.2) is 105 Å². The number of carbonyl (C=O) groups is 8. The van der Waals surface area contributed by atoms with Crippen LogP contribution in [0.25, 0.3) is 0 Å². The molecule has 8 rings (SSSR count). The van der Waals surface area contributed by atoms with Gasteiger partial charge >= 0.3 is 36.2 Å². The molecule has 0 bridgehead atoms. The highest BCUT2D eigenvalue weighted by molar-refractivity contribution is 6.13. The number of nitrogens with one attached hydrogen (secondary N) is 5. The van der Waals surface area contributed by atoms with E-state index in [9.17, 15) is 95.3 Å². The van der Waals surface area contributed by atoms with E-state index in [2.05, 4.69) is 26.6 Å². The predicted molar refractivity (Wildman–Crippen MR) is 303 cm³/mol. The number of alkyl halides is 6. The molecule has 11 N–H and O–H groups in total. The lowest BCUT2D eigenvalue weighted by molar-refractivity contribution is -0.288. The van der Waals surface area contributed by atoms with Gasteiger partial charge in [-0.3, -0.25) is 19.2 Å². The van der Waals surface area contributed by atoms with Crippen LogP contribution in [-0.2, 0) is 5.41 Å². The number of hydrogen-bond donors (Lipinski definition) is 11. The van der Waals surface area contributed by atoms with Crippen molar-refractivity contribution in [3.8, 4) is 46.0 Å². The van der Waals surface area contributed by atoms with Gasteiger partial charge in [-0.1, -0.05) is 12.1 Å². The Morgan fingerprint density at radius 3 is 1.00 bits per heavy atom. The number of ether oxygens (including phenoxy) is 3. The summed E-state index contributed by atoms with van der Waals surface area (Å²) in [4.78, 5) is 101. The van der Waals surface area contributed by atoms with Gasteiger partial charge in [-0.15, -0.1) is 0 Å². The molecule has 22 nitrogen and oxygen atoms in total. The van der Waals surface area contributed by atoms with Gasteiger partial charge in [0.05, 0.1) is 55.9 Å². The summed E-state index contributed by atoms with van der Waals surface area (Å²) in [6, 6.07) is 27.0. The standard InChI is InChI=1S/C61H43F6N5O17/c1-68-47-21-3-29(23-49(47)73)59(60(62,63)64,61(65,66)67)30-4-22-48(50(74)24-30)72-52(76)39-17-13-38(28-46(39)58(85)86)89-37-16-20-42(57(83)84)45(27-37)54(78)71-32-7-11-34(12-8-32)87-33-9-5-31(6-10-33)70-53(77)44-26-36(15-19-41(44)56(81)82)88-35-14-18-40(55(79)80)43(25-35)51(75)69-2/h3-28,68,73-74H,1-2H3,(H,69,75)(H,70,77)(H,71,78)(H,72,76)(H,79,80)(H,81,82)(H,83,84)(H,85,86). The van der Waals surface area contributed by atoms with Crippen LogP contribution in [0.2, 0.25) is 0 Å². The van der Waals surface area contributed by atoms with Gasteiger partial charge in [-0.2, -0.15) is 26.3 Å². The lowest BCUT2D eigenvalue weighted by atomic mass is 9.72. The Morgan fingerprint density at radius 1 is 0.348 bits per heavy atom. The Hall–Kier alpha value is -12.1. The summed E-state index contributed by atoms with van der Waals surface area (Å²) in [5.74, 6) is -12.2. The largest absolute Gasteiger partial charge is 0.506 e. The van der Waals surface area contributed by atoms with Crippen molar-refractivity contribution in [1.82, 2.24) is 5.32 Å². The number of anilines is 4. The van der Waals surface area contributed by atoms with E-state index >= 15 is 0 Å². The molecule has 0 heterocycles. The second-order valence-electron chi connectivity index (χ2n) is 18.8. The summed E-state index contributed by atoms with van der Waals surface area (Å²) >= 11 is 0. The minimum Gasteiger partial charge on any atom is -0.506 e. The van der Waals surface area contributed by atoms with E-state index in [-0.39, 0.29) is 85.9 Å². The van der Waals surface area contributed by atoms with Gasteiger partial charge in [0, 0.05) is 25.5 Å². The summed E-state index contributed by atoms with van der Waals surface area (Å²) in [5.41, 5.74) is -12.0. The number of halogens is 6. The van der Waals surface area contributed by atoms with Crippen LogP contribution in [0.5, 0.6) is 46.0 Å². The van der Waals surface area contributed by atoms with E-state index in [0.29, 0.717) is 18.2 Å². The summed E-state index contributed by atoms with van der Waals surface area (Å²) < 4.78 is 106.